The van der Waals surface area contributed by atoms with E-state index in [1.807, 2.05) is 0 Å². The van der Waals surface area contributed by atoms with Gasteiger partial charge in [-0.15, -0.1) is 11.3 Å². The maximum absolute atomic E-state index is 12.3. The first-order chi connectivity index (χ1) is 13.4. The molecule has 2 aromatic rings. The van der Waals surface area contributed by atoms with Crippen molar-refractivity contribution in [1.29, 1.82) is 0 Å². The number of carbonyl (C=O) groups excluding carboxylic acids is 4. The van der Waals surface area contributed by atoms with Crippen molar-refractivity contribution in [3.8, 4) is 0 Å². The van der Waals surface area contributed by atoms with Gasteiger partial charge in [-0.3, -0.25) is 14.6 Å². The minimum absolute atomic E-state index is 0.0965. The average Bonchev–Trinajstić information content (AvgIpc) is 3.02. The van der Waals surface area contributed by atoms with Crippen molar-refractivity contribution in [3.05, 3.63) is 46.1 Å². The van der Waals surface area contributed by atoms with E-state index in [0.717, 1.165) is 11.3 Å². The number of ether oxygens (including phenoxy) is 2. The van der Waals surface area contributed by atoms with Gasteiger partial charge < -0.3 is 20.1 Å². The lowest BCUT2D eigenvalue weighted by Gasteiger charge is -2.08. The molecule has 0 spiro atoms. The number of anilines is 1. The lowest BCUT2D eigenvalue weighted by atomic mass is 10.1. The fourth-order valence-electron chi connectivity index (χ4n) is 2.25. The lowest BCUT2D eigenvalue weighted by molar-refractivity contribution is -0.119. The van der Waals surface area contributed by atoms with Crippen molar-refractivity contribution in [2.45, 2.75) is 13.8 Å². The number of pyridine rings is 1. The Hall–Kier alpha value is -3.27. The van der Waals surface area contributed by atoms with E-state index in [1.165, 1.54) is 31.6 Å². The molecule has 2 heterocycles. The quantitative estimate of drug-likeness (QED) is 0.673. The molecule has 148 valence electrons. The fourth-order valence-corrected chi connectivity index (χ4v) is 3.40. The Bertz CT molecular complexity index is 894. The highest BCUT2D eigenvalue weighted by molar-refractivity contribution is 7.18. The molecule has 2 rings (SSSR count). The first-order valence-corrected chi connectivity index (χ1v) is 9.10. The zero-order valence-corrected chi connectivity index (χ0v) is 16.3. The molecule has 0 aliphatic heterocycles. The third kappa shape index (κ3) is 4.92. The Balaban J connectivity index is 2.15. The highest BCUT2D eigenvalue weighted by Gasteiger charge is 2.26. The molecular weight excluding hydrogens is 386 g/mol. The largest absolute Gasteiger partial charge is 0.462 e. The summed E-state index contributed by atoms with van der Waals surface area (Å²) in [6.45, 7) is 2.82. The smallest absolute Gasteiger partial charge is 0.341 e. The molecule has 9 nitrogen and oxygen atoms in total. The molecule has 0 bridgehead atoms. The molecule has 2 aromatic heterocycles. The number of carbonyl (C=O) groups is 4. The molecule has 0 unspecified atom stereocenters. The Morgan fingerprint density at radius 3 is 2.39 bits per heavy atom. The van der Waals surface area contributed by atoms with Gasteiger partial charge in [0.2, 0.25) is 0 Å². The minimum atomic E-state index is -0.684. The van der Waals surface area contributed by atoms with Crippen molar-refractivity contribution in [2.24, 2.45) is 0 Å². The normalized spacial score (nSPS) is 10.1. The van der Waals surface area contributed by atoms with Gasteiger partial charge in [0.05, 0.1) is 22.6 Å². The van der Waals surface area contributed by atoms with E-state index in [-0.39, 0.29) is 27.6 Å². The van der Waals surface area contributed by atoms with Gasteiger partial charge in [-0.2, -0.15) is 0 Å². The van der Waals surface area contributed by atoms with Gasteiger partial charge in [-0.05, 0) is 31.5 Å². The second-order valence-corrected chi connectivity index (χ2v) is 6.44. The highest BCUT2D eigenvalue weighted by Crippen LogP contribution is 2.33. The predicted octanol–water partition coefficient (Wildman–Crippen LogP) is 1.78. The summed E-state index contributed by atoms with van der Waals surface area (Å²) in [6, 6.07) is 2.91. The number of hydrogen-bond donors (Lipinski definition) is 2. The molecule has 0 aliphatic rings. The molecule has 2 N–H and O–H groups in total. The molecule has 0 radical (unpaired) electrons. The van der Waals surface area contributed by atoms with Crippen LogP contribution in [0.3, 0.4) is 0 Å². The standard InChI is InChI=1S/C18H19N3O6S/c1-4-26-18(25)13-10(2)14(15(23)19-3)28-16(13)21-12(22)9-27-17(24)11-5-7-20-8-6-11/h5-8H,4,9H2,1-3H3,(H,19,23)(H,21,22). The van der Waals surface area contributed by atoms with Gasteiger partial charge in [-0.25, -0.2) is 9.59 Å². The zero-order valence-electron chi connectivity index (χ0n) is 15.5. The van der Waals surface area contributed by atoms with Crippen LogP contribution in [0.4, 0.5) is 5.00 Å². The van der Waals surface area contributed by atoms with Gasteiger partial charge in [0.1, 0.15) is 5.00 Å². The van der Waals surface area contributed by atoms with Gasteiger partial charge in [0, 0.05) is 19.4 Å². The molecule has 2 amide bonds. The summed E-state index contributed by atoms with van der Waals surface area (Å²) < 4.78 is 9.95. The molecule has 0 aromatic carbocycles. The van der Waals surface area contributed by atoms with Crippen molar-refractivity contribution >= 4 is 40.1 Å². The van der Waals surface area contributed by atoms with Crippen LogP contribution in [-0.2, 0) is 14.3 Å². The summed E-state index contributed by atoms with van der Waals surface area (Å²) in [5.74, 6) is -2.39. The van der Waals surface area contributed by atoms with E-state index in [0.29, 0.717) is 5.56 Å². The van der Waals surface area contributed by atoms with E-state index in [9.17, 15) is 19.2 Å². The topological polar surface area (TPSA) is 124 Å². The average molecular weight is 405 g/mol. The molecule has 0 aliphatic carbocycles. The van der Waals surface area contributed by atoms with Crippen LogP contribution in [0.25, 0.3) is 0 Å². The number of thiophene rings is 1. The van der Waals surface area contributed by atoms with Crippen LogP contribution in [0.2, 0.25) is 0 Å². The summed E-state index contributed by atoms with van der Waals surface area (Å²) in [7, 11) is 1.46. The Morgan fingerprint density at radius 2 is 1.79 bits per heavy atom. The summed E-state index contributed by atoms with van der Waals surface area (Å²) in [5, 5.41) is 5.14. The zero-order chi connectivity index (χ0) is 20.7. The van der Waals surface area contributed by atoms with Crippen LogP contribution >= 0.6 is 11.3 Å². The maximum atomic E-state index is 12.3. The first kappa shape index (κ1) is 21.0. The highest BCUT2D eigenvalue weighted by atomic mass is 32.1. The van der Waals surface area contributed by atoms with E-state index in [4.69, 9.17) is 9.47 Å². The fraction of sp³-hybridized carbons (Fsp3) is 0.278. The van der Waals surface area contributed by atoms with Gasteiger partial charge in [-0.1, -0.05) is 0 Å². The summed E-state index contributed by atoms with van der Waals surface area (Å²) in [4.78, 5) is 52.4. The number of esters is 2. The third-order valence-corrected chi connectivity index (χ3v) is 4.77. The van der Waals surface area contributed by atoms with Crippen molar-refractivity contribution in [1.82, 2.24) is 10.3 Å². The molecule has 10 heteroatoms. The third-order valence-electron chi connectivity index (χ3n) is 3.56. The number of amides is 2. The molecule has 0 atom stereocenters. The molecular formula is C18H19N3O6S. The number of rotatable bonds is 7. The Morgan fingerprint density at radius 1 is 1.11 bits per heavy atom. The predicted molar refractivity (Wildman–Crippen MR) is 102 cm³/mol. The van der Waals surface area contributed by atoms with E-state index in [2.05, 4.69) is 15.6 Å². The second kappa shape index (κ2) is 9.60. The van der Waals surface area contributed by atoms with E-state index in [1.54, 1.807) is 13.8 Å². The van der Waals surface area contributed by atoms with E-state index < -0.39 is 30.4 Å². The van der Waals surface area contributed by atoms with Crippen LogP contribution in [0, 0.1) is 6.92 Å². The van der Waals surface area contributed by atoms with Crippen molar-refractivity contribution < 1.29 is 28.7 Å². The molecule has 0 fully saturated rings. The summed E-state index contributed by atoms with van der Waals surface area (Å²) in [6.07, 6.45) is 2.86. The van der Waals surface area contributed by atoms with E-state index >= 15 is 0 Å². The number of aromatic nitrogens is 1. The lowest BCUT2D eigenvalue weighted by Crippen LogP contribution is -2.21. The minimum Gasteiger partial charge on any atom is -0.462 e. The number of nitrogens with zero attached hydrogens (tertiary/aromatic N) is 1. The summed E-state index contributed by atoms with van der Waals surface area (Å²) in [5.41, 5.74) is 0.745. The van der Waals surface area contributed by atoms with Crippen LogP contribution in [-0.4, -0.2) is 49.0 Å². The van der Waals surface area contributed by atoms with Gasteiger partial charge in [0.15, 0.2) is 6.61 Å². The van der Waals surface area contributed by atoms with Crippen molar-refractivity contribution in [2.75, 3.05) is 25.6 Å². The first-order valence-electron chi connectivity index (χ1n) is 8.28. The van der Waals surface area contributed by atoms with Crippen LogP contribution < -0.4 is 10.6 Å². The monoisotopic (exact) mass is 405 g/mol. The number of nitrogens with one attached hydrogen (secondary N) is 2. The van der Waals surface area contributed by atoms with Gasteiger partial charge >= 0.3 is 11.9 Å². The molecule has 28 heavy (non-hydrogen) atoms. The van der Waals surface area contributed by atoms with Crippen LogP contribution in [0.15, 0.2) is 24.5 Å². The maximum Gasteiger partial charge on any atom is 0.341 e. The Labute approximate surface area is 165 Å². The van der Waals surface area contributed by atoms with Gasteiger partial charge in [0.25, 0.3) is 11.8 Å². The molecule has 0 saturated carbocycles. The van der Waals surface area contributed by atoms with Crippen molar-refractivity contribution in [3.63, 3.8) is 0 Å². The second-order valence-electron chi connectivity index (χ2n) is 5.42. The summed E-state index contributed by atoms with van der Waals surface area (Å²) >= 11 is 0.938. The number of hydrogen-bond acceptors (Lipinski definition) is 8. The Kier molecular flexibility index (Phi) is 7.21. The SMILES string of the molecule is CCOC(=O)c1c(NC(=O)COC(=O)c2ccncc2)sc(C(=O)NC)c1C. The van der Waals surface area contributed by atoms with Crippen LogP contribution in [0.1, 0.15) is 42.9 Å². The molecule has 0 saturated heterocycles. The van der Waals surface area contributed by atoms with Crippen LogP contribution in [0.5, 0.6) is 0 Å².